The standard InChI is InChI=1S/C15H18O3/c1-18-15(17)13-10-6-5-9-12(14(13)16)11-7-3-2-4-8-11/h2-4,7-8,12-13H,5-6,9-10H2,1H3. The van der Waals surface area contributed by atoms with Crippen molar-refractivity contribution >= 4 is 11.8 Å². The van der Waals surface area contributed by atoms with Crippen molar-refractivity contribution in [2.45, 2.75) is 31.6 Å². The normalized spacial score (nSPS) is 24.4. The summed E-state index contributed by atoms with van der Waals surface area (Å²) >= 11 is 0. The first-order valence-corrected chi connectivity index (χ1v) is 6.40. The van der Waals surface area contributed by atoms with E-state index in [1.165, 1.54) is 7.11 Å². The first-order valence-electron chi connectivity index (χ1n) is 6.40. The molecule has 0 bridgehead atoms. The number of benzene rings is 1. The van der Waals surface area contributed by atoms with Crippen LogP contribution in [0, 0.1) is 5.92 Å². The molecule has 1 aliphatic carbocycles. The molecule has 3 heteroatoms. The highest BCUT2D eigenvalue weighted by atomic mass is 16.5. The number of hydrogen-bond donors (Lipinski definition) is 0. The van der Waals surface area contributed by atoms with E-state index in [-0.39, 0.29) is 17.7 Å². The number of carbonyl (C=O) groups excluding carboxylic acids is 2. The second kappa shape index (κ2) is 5.80. The van der Waals surface area contributed by atoms with E-state index in [2.05, 4.69) is 0 Å². The van der Waals surface area contributed by atoms with Crippen molar-refractivity contribution in [3.05, 3.63) is 35.9 Å². The summed E-state index contributed by atoms with van der Waals surface area (Å²) in [4.78, 5) is 24.1. The zero-order valence-corrected chi connectivity index (χ0v) is 10.6. The molecular weight excluding hydrogens is 228 g/mol. The fourth-order valence-electron chi connectivity index (χ4n) is 2.62. The quantitative estimate of drug-likeness (QED) is 0.458. The van der Waals surface area contributed by atoms with Crippen LogP contribution in [-0.4, -0.2) is 18.9 Å². The molecule has 0 N–H and O–H groups in total. The maximum Gasteiger partial charge on any atom is 0.316 e. The molecule has 18 heavy (non-hydrogen) atoms. The summed E-state index contributed by atoms with van der Waals surface area (Å²) in [7, 11) is 1.35. The zero-order valence-electron chi connectivity index (χ0n) is 10.6. The predicted octanol–water partition coefficient (Wildman–Crippen LogP) is 2.70. The minimum absolute atomic E-state index is 0.0190. The average Bonchev–Trinajstić information content (AvgIpc) is 2.61. The molecule has 0 heterocycles. The molecule has 1 aliphatic rings. The van der Waals surface area contributed by atoms with Crippen molar-refractivity contribution in [2.24, 2.45) is 5.92 Å². The second-order valence-electron chi connectivity index (χ2n) is 4.73. The maximum atomic E-state index is 12.4. The minimum Gasteiger partial charge on any atom is -0.468 e. The van der Waals surface area contributed by atoms with Gasteiger partial charge in [0.2, 0.25) is 0 Å². The Morgan fingerprint density at radius 2 is 1.83 bits per heavy atom. The van der Waals surface area contributed by atoms with Crippen molar-refractivity contribution in [3.8, 4) is 0 Å². The van der Waals surface area contributed by atoms with Crippen LogP contribution in [0.25, 0.3) is 0 Å². The first kappa shape index (κ1) is 12.8. The van der Waals surface area contributed by atoms with Crippen molar-refractivity contribution in [1.82, 2.24) is 0 Å². The molecule has 1 aromatic rings. The Morgan fingerprint density at radius 1 is 1.17 bits per heavy atom. The number of rotatable bonds is 2. The van der Waals surface area contributed by atoms with Crippen LogP contribution in [0.5, 0.6) is 0 Å². The molecule has 96 valence electrons. The average molecular weight is 246 g/mol. The number of hydrogen-bond acceptors (Lipinski definition) is 3. The molecule has 0 aromatic heterocycles. The third-order valence-electron chi connectivity index (χ3n) is 3.61. The van der Waals surface area contributed by atoms with Gasteiger partial charge in [0.05, 0.1) is 7.11 Å². The number of Topliss-reactive ketones (excluding diaryl/α,β-unsaturated/α-hetero) is 1. The Kier molecular flexibility index (Phi) is 4.13. The number of esters is 1. The minimum atomic E-state index is -0.581. The summed E-state index contributed by atoms with van der Waals surface area (Å²) in [6.07, 6.45) is 3.35. The lowest BCUT2D eigenvalue weighted by Crippen LogP contribution is -2.28. The molecule has 3 nitrogen and oxygen atoms in total. The van der Waals surface area contributed by atoms with E-state index in [1.54, 1.807) is 0 Å². The topological polar surface area (TPSA) is 43.4 Å². The van der Waals surface area contributed by atoms with Gasteiger partial charge in [-0.25, -0.2) is 0 Å². The van der Waals surface area contributed by atoms with E-state index in [9.17, 15) is 9.59 Å². The second-order valence-corrected chi connectivity index (χ2v) is 4.73. The molecule has 1 saturated carbocycles. The number of ether oxygens (including phenoxy) is 1. The molecule has 0 radical (unpaired) electrons. The summed E-state index contributed by atoms with van der Waals surface area (Å²) in [5.41, 5.74) is 1.01. The van der Waals surface area contributed by atoms with E-state index in [0.717, 1.165) is 24.8 Å². The maximum absolute atomic E-state index is 12.4. The Hall–Kier alpha value is -1.64. The van der Waals surface area contributed by atoms with Gasteiger partial charge in [0, 0.05) is 5.92 Å². The van der Waals surface area contributed by atoms with Crippen LogP contribution in [-0.2, 0) is 14.3 Å². The Labute approximate surface area is 107 Å². The van der Waals surface area contributed by atoms with Gasteiger partial charge in [0.15, 0.2) is 5.78 Å². The van der Waals surface area contributed by atoms with Crippen molar-refractivity contribution in [1.29, 1.82) is 0 Å². The van der Waals surface area contributed by atoms with Crippen LogP contribution >= 0.6 is 0 Å². The summed E-state index contributed by atoms with van der Waals surface area (Å²) < 4.78 is 4.74. The highest BCUT2D eigenvalue weighted by Gasteiger charge is 2.35. The first-order chi connectivity index (χ1) is 8.74. The van der Waals surface area contributed by atoms with E-state index in [0.29, 0.717) is 6.42 Å². The number of methoxy groups -OCH3 is 1. The smallest absolute Gasteiger partial charge is 0.316 e. The van der Waals surface area contributed by atoms with Crippen LogP contribution in [0.2, 0.25) is 0 Å². The third-order valence-corrected chi connectivity index (χ3v) is 3.61. The highest BCUT2D eigenvalue weighted by Crippen LogP contribution is 2.32. The fraction of sp³-hybridized carbons (Fsp3) is 0.467. The summed E-state index contributed by atoms with van der Waals surface area (Å²) in [6, 6.07) is 9.72. The van der Waals surface area contributed by atoms with E-state index < -0.39 is 5.92 Å². The summed E-state index contributed by atoms with van der Waals surface area (Å²) in [6.45, 7) is 0. The van der Waals surface area contributed by atoms with Crippen LogP contribution in [0.4, 0.5) is 0 Å². The Balaban J connectivity index is 2.25. The van der Waals surface area contributed by atoms with Gasteiger partial charge < -0.3 is 4.74 Å². The zero-order chi connectivity index (χ0) is 13.0. The van der Waals surface area contributed by atoms with E-state index in [4.69, 9.17) is 4.74 Å². The predicted molar refractivity (Wildman–Crippen MR) is 68.2 cm³/mol. The van der Waals surface area contributed by atoms with Crippen LogP contribution < -0.4 is 0 Å². The van der Waals surface area contributed by atoms with Gasteiger partial charge in [0.25, 0.3) is 0 Å². The summed E-state index contributed by atoms with van der Waals surface area (Å²) in [5.74, 6) is -1.10. The third kappa shape index (κ3) is 2.61. The molecule has 1 fully saturated rings. The largest absolute Gasteiger partial charge is 0.468 e. The van der Waals surface area contributed by atoms with Gasteiger partial charge in [-0.05, 0) is 18.4 Å². The van der Waals surface area contributed by atoms with Gasteiger partial charge in [-0.2, -0.15) is 0 Å². The number of carbonyl (C=O) groups is 2. The van der Waals surface area contributed by atoms with E-state index >= 15 is 0 Å². The van der Waals surface area contributed by atoms with Crippen molar-refractivity contribution < 1.29 is 14.3 Å². The van der Waals surface area contributed by atoms with Gasteiger partial charge in [0.1, 0.15) is 5.92 Å². The molecular formula is C15H18O3. The fourth-order valence-corrected chi connectivity index (χ4v) is 2.62. The van der Waals surface area contributed by atoms with Crippen LogP contribution in [0.15, 0.2) is 30.3 Å². The van der Waals surface area contributed by atoms with Gasteiger partial charge in [-0.15, -0.1) is 0 Å². The van der Waals surface area contributed by atoms with Gasteiger partial charge in [-0.3, -0.25) is 9.59 Å². The van der Waals surface area contributed by atoms with E-state index in [1.807, 2.05) is 30.3 Å². The Morgan fingerprint density at radius 3 is 2.50 bits per heavy atom. The highest BCUT2D eigenvalue weighted by molar-refractivity contribution is 6.02. The molecule has 2 atom stereocenters. The molecule has 0 spiro atoms. The van der Waals surface area contributed by atoms with Crippen molar-refractivity contribution in [2.75, 3.05) is 7.11 Å². The molecule has 0 aliphatic heterocycles. The van der Waals surface area contributed by atoms with Crippen LogP contribution in [0.3, 0.4) is 0 Å². The lowest BCUT2D eigenvalue weighted by molar-refractivity contribution is -0.149. The van der Waals surface area contributed by atoms with Crippen molar-refractivity contribution in [3.63, 3.8) is 0 Å². The molecule has 0 saturated heterocycles. The summed E-state index contributed by atoms with van der Waals surface area (Å²) in [5, 5.41) is 0. The van der Waals surface area contributed by atoms with Gasteiger partial charge in [-0.1, -0.05) is 43.2 Å². The molecule has 0 amide bonds. The molecule has 2 rings (SSSR count). The molecule has 2 unspecified atom stereocenters. The molecule has 1 aromatic carbocycles. The van der Waals surface area contributed by atoms with Crippen LogP contribution in [0.1, 0.15) is 37.2 Å². The monoisotopic (exact) mass is 246 g/mol. The number of ketones is 1. The SMILES string of the molecule is COC(=O)C1CCCCC(c2ccccc2)C1=O. The lowest BCUT2D eigenvalue weighted by atomic mass is 9.86. The van der Waals surface area contributed by atoms with Gasteiger partial charge >= 0.3 is 5.97 Å². The lowest BCUT2D eigenvalue weighted by Gasteiger charge is -2.17. The Bertz CT molecular complexity index is 425.